The summed E-state index contributed by atoms with van der Waals surface area (Å²) >= 11 is 6.12. The molecule has 0 spiro atoms. The highest BCUT2D eigenvalue weighted by Crippen LogP contribution is 2.21. The molecule has 0 radical (unpaired) electrons. The Morgan fingerprint density at radius 1 is 1.29 bits per heavy atom. The highest BCUT2D eigenvalue weighted by atomic mass is 35.5. The van der Waals surface area contributed by atoms with Gasteiger partial charge in [0.2, 0.25) is 0 Å². The number of halogens is 1. The van der Waals surface area contributed by atoms with Crippen LogP contribution in [0.2, 0.25) is 5.02 Å². The van der Waals surface area contributed by atoms with Crippen LogP contribution in [-0.4, -0.2) is 21.3 Å². The molecule has 0 aliphatic heterocycles. The smallest absolute Gasteiger partial charge is 0.138 e. The third-order valence-corrected chi connectivity index (χ3v) is 3.64. The fourth-order valence-corrected chi connectivity index (χ4v) is 2.58. The molecule has 0 bridgehead atoms. The molecular weight excluding hydrogens is 284 g/mol. The molecule has 4 nitrogen and oxygen atoms in total. The number of hydrogen-bond donors (Lipinski definition) is 1. The van der Waals surface area contributed by atoms with Crippen LogP contribution in [0.25, 0.3) is 0 Å². The average molecular weight is 307 g/mol. The monoisotopic (exact) mass is 306 g/mol. The van der Waals surface area contributed by atoms with E-state index in [9.17, 15) is 0 Å². The summed E-state index contributed by atoms with van der Waals surface area (Å²) in [6.45, 7) is 6.20. The maximum absolute atomic E-state index is 6.12. The first-order valence-electron chi connectivity index (χ1n) is 7.60. The molecule has 1 aromatic carbocycles. The van der Waals surface area contributed by atoms with Gasteiger partial charge in [0.05, 0.1) is 0 Å². The minimum Gasteiger partial charge on any atom is -0.310 e. The molecule has 1 N–H and O–H groups in total. The Balaban J connectivity index is 2.17. The van der Waals surface area contributed by atoms with Crippen molar-refractivity contribution in [2.75, 3.05) is 6.54 Å². The normalized spacial score (nSPS) is 12.5. The third kappa shape index (κ3) is 4.55. The fourth-order valence-electron chi connectivity index (χ4n) is 2.38. The van der Waals surface area contributed by atoms with Gasteiger partial charge in [0.1, 0.15) is 12.2 Å². The molecule has 2 aromatic rings. The Labute approximate surface area is 131 Å². The molecule has 0 fully saturated rings. The predicted molar refractivity (Wildman–Crippen MR) is 86.5 cm³/mol. The standard InChI is InChI=1S/C16H23ClN4/c1-3-8-18-15(13-6-5-7-14(17)10-13)11-16-19-12-20-21(16)9-4-2/h5-7,10,12,15,18H,3-4,8-9,11H2,1-2H3. The first kappa shape index (κ1) is 16.0. The second kappa shape index (κ2) is 8.15. The number of rotatable bonds is 8. The van der Waals surface area contributed by atoms with Crippen LogP contribution in [0, 0.1) is 0 Å². The zero-order valence-electron chi connectivity index (χ0n) is 12.7. The number of aromatic nitrogens is 3. The molecule has 0 amide bonds. The van der Waals surface area contributed by atoms with Crippen LogP contribution in [-0.2, 0) is 13.0 Å². The van der Waals surface area contributed by atoms with Crippen molar-refractivity contribution in [3.63, 3.8) is 0 Å². The number of aryl methyl sites for hydroxylation is 1. The minimum absolute atomic E-state index is 0.212. The number of hydrogen-bond acceptors (Lipinski definition) is 3. The van der Waals surface area contributed by atoms with E-state index in [1.165, 1.54) is 5.56 Å². The molecular formula is C16H23ClN4. The maximum atomic E-state index is 6.12. The van der Waals surface area contributed by atoms with Crippen LogP contribution >= 0.6 is 11.6 Å². The maximum Gasteiger partial charge on any atom is 0.138 e. The van der Waals surface area contributed by atoms with Crippen LogP contribution in [0.15, 0.2) is 30.6 Å². The summed E-state index contributed by atoms with van der Waals surface area (Å²) in [5, 5.41) is 8.65. The summed E-state index contributed by atoms with van der Waals surface area (Å²) in [4.78, 5) is 4.41. The number of nitrogens with zero attached hydrogens (tertiary/aromatic N) is 3. The van der Waals surface area contributed by atoms with E-state index >= 15 is 0 Å². The lowest BCUT2D eigenvalue weighted by Crippen LogP contribution is -2.25. The van der Waals surface area contributed by atoms with Crippen molar-refractivity contribution in [3.05, 3.63) is 47.0 Å². The predicted octanol–water partition coefficient (Wildman–Crippen LogP) is 3.62. The molecule has 0 saturated carbocycles. The molecule has 1 heterocycles. The van der Waals surface area contributed by atoms with Gasteiger partial charge in [-0.3, -0.25) is 4.68 Å². The van der Waals surface area contributed by atoms with Crippen molar-refractivity contribution in [1.82, 2.24) is 20.1 Å². The van der Waals surface area contributed by atoms with Crippen molar-refractivity contribution in [3.8, 4) is 0 Å². The first-order chi connectivity index (χ1) is 10.2. The SMILES string of the molecule is CCCNC(Cc1ncnn1CCC)c1cccc(Cl)c1. The van der Waals surface area contributed by atoms with E-state index < -0.39 is 0 Å². The molecule has 1 aromatic heterocycles. The van der Waals surface area contributed by atoms with E-state index in [1.807, 2.05) is 22.9 Å². The lowest BCUT2D eigenvalue weighted by Gasteiger charge is -2.19. The van der Waals surface area contributed by atoms with Crippen LogP contribution in [0.4, 0.5) is 0 Å². The molecule has 0 aliphatic carbocycles. The highest BCUT2D eigenvalue weighted by molar-refractivity contribution is 6.30. The van der Waals surface area contributed by atoms with E-state index in [-0.39, 0.29) is 6.04 Å². The molecule has 2 rings (SSSR count). The van der Waals surface area contributed by atoms with Gasteiger partial charge in [0.25, 0.3) is 0 Å². The van der Waals surface area contributed by atoms with Crippen molar-refractivity contribution >= 4 is 11.6 Å². The summed E-state index contributed by atoms with van der Waals surface area (Å²) in [7, 11) is 0. The Kier molecular flexibility index (Phi) is 6.21. The van der Waals surface area contributed by atoms with Gasteiger partial charge in [0.15, 0.2) is 0 Å². The topological polar surface area (TPSA) is 42.7 Å². The second-order valence-electron chi connectivity index (χ2n) is 5.17. The fraction of sp³-hybridized carbons (Fsp3) is 0.500. The quantitative estimate of drug-likeness (QED) is 0.810. The van der Waals surface area contributed by atoms with Gasteiger partial charge in [-0.05, 0) is 37.1 Å². The van der Waals surface area contributed by atoms with Gasteiger partial charge < -0.3 is 5.32 Å². The Hall–Kier alpha value is -1.39. The Bertz CT molecular complexity index is 553. The van der Waals surface area contributed by atoms with Gasteiger partial charge in [0, 0.05) is 24.0 Å². The average Bonchev–Trinajstić information content (AvgIpc) is 2.91. The zero-order valence-corrected chi connectivity index (χ0v) is 13.5. The van der Waals surface area contributed by atoms with E-state index in [0.717, 1.165) is 43.2 Å². The van der Waals surface area contributed by atoms with Gasteiger partial charge in [-0.25, -0.2) is 4.98 Å². The van der Waals surface area contributed by atoms with E-state index in [1.54, 1.807) is 6.33 Å². The van der Waals surface area contributed by atoms with Crippen LogP contribution in [0.5, 0.6) is 0 Å². The summed E-state index contributed by atoms with van der Waals surface area (Å²) in [6, 6.07) is 8.24. The first-order valence-corrected chi connectivity index (χ1v) is 7.98. The van der Waals surface area contributed by atoms with E-state index in [2.05, 4.69) is 35.3 Å². The summed E-state index contributed by atoms with van der Waals surface area (Å²) in [5.41, 5.74) is 1.20. The molecule has 0 saturated heterocycles. The van der Waals surface area contributed by atoms with Gasteiger partial charge in [-0.2, -0.15) is 5.10 Å². The van der Waals surface area contributed by atoms with Crippen molar-refractivity contribution < 1.29 is 0 Å². The van der Waals surface area contributed by atoms with Crippen molar-refractivity contribution in [2.45, 2.75) is 45.7 Å². The van der Waals surface area contributed by atoms with Gasteiger partial charge in [-0.1, -0.05) is 37.6 Å². The lowest BCUT2D eigenvalue weighted by molar-refractivity contribution is 0.488. The highest BCUT2D eigenvalue weighted by Gasteiger charge is 2.15. The molecule has 114 valence electrons. The summed E-state index contributed by atoms with van der Waals surface area (Å²) < 4.78 is 1.99. The molecule has 5 heteroatoms. The minimum atomic E-state index is 0.212. The Morgan fingerprint density at radius 2 is 2.14 bits per heavy atom. The molecule has 21 heavy (non-hydrogen) atoms. The van der Waals surface area contributed by atoms with Crippen molar-refractivity contribution in [2.24, 2.45) is 0 Å². The van der Waals surface area contributed by atoms with E-state index in [0.29, 0.717) is 0 Å². The van der Waals surface area contributed by atoms with Gasteiger partial charge in [-0.15, -0.1) is 0 Å². The molecule has 1 atom stereocenters. The summed E-state index contributed by atoms with van der Waals surface area (Å²) in [5.74, 6) is 1.02. The number of nitrogens with one attached hydrogen (secondary N) is 1. The van der Waals surface area contributed by atoms with Crippen LogP contribution < -0.4 is 5.32 Å². The molecule has 1 unspecified atom stereocenters. The second-order valence-corrected chi connectivity index (χ2v) is 5.60. The van der Waals surface area contributed by atoms with Crippen LogP contribution in [0.3, 0.4) is 0 Å². The summed E-state index contributed by atoms with van der Waals surface area (Å²) in [6.07, 6.45) is 4.61. The zero-order chi connectivity index (χ0) is 15.1. The van der Waals surface area contributed by atoms with Crippen molar-refractivity contribution in [1.29, 1.82) is 0 Å². The largest absolute Gasteiger partial charge is 0.310 e. The molecule has 0 aliphatic rings. The van der Waals surface area contributed by atoms with Crippen LogP contribution in [0.1, 0.15) is 44.1 Å². The number of benzene rings is 1. The third-order valence-electron chi connectivity index (χ3n) is 3.41. The lowest BCUT2D eigenvalue weighted by atomic mass is 10.0. The Morgan fingerprint density at radius 3 is 2.86 bits per heavy atom. The van der Waals surface area contributed by atoms with E-state index in [4.69, 9.17) is 11.6 Å². The van der Waals surface area contributed by atoms with Gasteiger partial charge >= 0.3 is 0 Å².